The predicted molar refractivity (Wildman–Crippen MR) is 57.6 cm³/mol. The molecule has 0 unspecified atom stereocenters. The molecule has 2 aromatic rings. The van der Waals surface area contributed by atoms with E-state index in [1.165, 1.54) is 11.8 Å². The zero-order valence-corrected chi connectivity index (χ0v) is 8.49. The van der Waals surface area contributed by atoms with Crippen molar-refractivity contribution in [3.05, 3.63) is 40.8 Å². The Hall–Kier alpha value is -1.82. The highest BCUT2D eigenvalue weighted by atomic mass is 32.2. The molecule has 0 amide bonds. The van der Waals surface area contributed by atoms with Gasteiger partial charge in [-0.1, -0.05) is 30.0 Å². The summed E-state index contributed by atoms with van der Waals surface area (Å²) in [5.41, 5.74) is 5.02. The molecule has 15 heavy (non-hydrogen) atoms. The standard InChI is InChI=1S/C9H8N4OS/c10-7-8(12-13-9(14)11-7)15-6-4-2-1-3-5-6/h1-5H,(H3,10,11,13,14). The van der Waals surface area contributed by atoms with Crippen molar-refractivity contribution in [1.29, 1.82) is 0 Å². The van der Waals surface area contributed by atoms with Crippen molar-refractivity contribution in [3.8, 4) is 0 Å². The summed E-state index contributed by atoms with van der Waals surface area (Å²) >= 11 is 1.35. The van der Waals surface area contributed by atoms with Gasteiger partial charge in [-0.2, -0.15) is 10.1 Å². The van der Waals surface area contributed by atoms with Crippen molar-refractivity contribution in [2.75, 3.05) is 5.73 Å². The van der Waals surface area contributed by atoms with Crippen LogP contribution in [0.2, 0.25) is 0 Å². The van der Waals surface area contributed by atoms with E-state index in [4.69, 9.17) is 5.73 Å². The van der Waals surface area contributed by atoms with E-state index in [0.717, 1.165) is 4.90 Å². The van der Waals surface area contributed by atoms with Gasteiger partial charge in [0.2, 0.25) is 0 Å². The van der Waals surface area contributed by atoms with E-state index in [0.29, 0.717) is 5.03 Å². The zero-order valence-electron chi connectivity index (χ0n) is 7.68. The number of nitrogens with zero attached hydrogens (tertiary/aromatic N) is 2. The van der Waals surface area contributed by atoms with Gasteiger partial charge < -0.3 is 5.73 Å². The molecule has 76 valence electrons. The number of H-pyrrole nitrogens is 1. The van der Waals surface area contributed by atoms with Crippen LogP contribution in [0.15, 0.2) is 45.0 Å². The largest absolute Gasteiger partial charge is 0.381 e. The van der Waals surface area contributed by atoms with Gasteiger partial charge in [0, 0.05) is 4.90 Å². The number of anilines is 1. The number of nitrogens with one attached hydrogen (secondary N) is 1. The first-order valence-electron chi connectivity index (χ1n) is 4.21. The molecule has 3 N–H and O–H groups in total. The van der Waals surface area contributed by atoms with Crippen molar-refractivity contribution in [1.82, 2.24) is 15.2 Å². The summed E-state index contributed by atoms with van der Waals surface area (Å²) < 4.78 is 0. The van der Waals surface area contributed by atoms with Crippen LogP contribution < -0.4 is 11.4 Å². The van der Waals surface area contributed by atoms with Gasteiger partial charge in [0.05, 0.1) is 0 Å². The van der Waals surface area contributed by atoms with Crippen LogP contribution in [0.25, 0.3) is 0 Å². The lowest BCUT2D eigenvalue weighted by molar-refractivity contribution is 0.846. The average Bonchev–Trinajstić information content (AvgIpc) is 2.24. The van der Waals surface area contributed by atoms with E-state index in [1.807, 2.05) is 30.3 Å². The molecule has 0 atom stereocenters. The van der Waals surface area contributed by atoms with E-state index >= 15 is 0 Å². The quantitative estimate of drug-likeness (QED) is 0.785. The normalized spacial score (nSPS) is 10.1. The van der Waals surface area contributed by atoms with Crippen LogP contribution in [0.1, 0.15) is 0 Å². The molecule has 1 aromatic heterocycles. The Morgan fingerprint density at radius 3 is 2.67 bits per heavy atom. The van der Waals surface area contributed by atoms with Gasteiger partial charge in [-0.05, 0) is 12.1 Å². The third kappa shape index (κ3) is 2.35. The van der Waals surface area contributed by atoms with E-state index < -0.39 is 5.69 Å². The van der Waals surface area contributed by atoms with Crippen LogP contribution in [-0.4, -0.2) is 15.2 Å². The smallest absolute Gasteiger partial charge is 0.363 e. The van der Waals surface area contributed by atoms with Gasteiger partial charge in [0.1, 0.15) is 0 Å². The number of benzene rings is 1. The number of rotatable bonds is 2. The summed E-state index contributed by atoms with van der Waals surface area (Å²) in [6.07, 6.45) is 0. The van der Waals surface area contributed by atoms with Crippen LogP contribution in [0.5, 0.6) is 0 Å². The minimum Gasteiger partial charge on any atom is -0.381 e. The second kappa shape index (κ2) is 4.14. The average molecular weight is 220 g/mol. The molecule has 1 heterocycles. The minimum atomic E-state index is -0.537. The summed E-state index contributed by atoms with van der Waals surface area (Å²) in [7, 11) is 0. The Kier molecular flexibility index (Phi) is 2.68. The molecule has 6 heteroatoms. The van der Waals surface area contributed by atoms with E-state index in [2.05, 4.69) is 15.2 Å². The summed E-state index contributed by atoms with van der Waals surface area (Å²) in [5, 5.41) is 6.56. The SMILES string of the molecule is Nc1nc(=O)[nH]nc1Sc1ccccc1. The summed E-state index contributed by atoms with van der Waals surface area (Å²) in [6.45, 7) is 0. The molecule has 0 bridgehead atoms. The highest BCUT2D eigenvalue weighted by Gasteiger charge is 2.04. The maximum absolute atomic E-state index is 10.8. The van der Waals surface area contributed by atoms with E-state index in [1.54, 1.807) is 0 Å². The molecular formula is C9H8N4OS. The van der Waals surface area contributed by atoms with Gasteiger partial charge >= 0.3 is 5.69 Å². The lowest BCUT2D eigenvalue weighted by Gasteiger charge is -2.01. The van der Waals surface area contributed by atoms with Crippen LogP contribution in [-0.2, 0) is 0 Å². The summed E-state index contributed by atoms with van der Waals surface area (Å²) in [6, 6.07) is 9.61. The Labute approximate surface area is 89.7 Å². The molecule has 0 saturated heterocycles. The van der Waals surface area contributed by atoms with Crippen molar-refractivity contribution in [3.63, 3.8) is 0 Å². The number of aromatic nitrogens is 3. The second-order valence-electron chi connectivity index (χ2n) is 2.75. The fourth-order valence-electron chi connectivity index (χ4n) is 1.01. The number of nitrogen functional groups attached to an aromatic ring is 1. The minimum absolute atomic E-state index is 0.146. The molecular weight excluding hydrogens is 212 g/mol. The third-order valence-corrected chi connectivity index (χ3v) is 2.65. The molecule has 0 spiro atoms. The topological polar surface area (TPSA) is 84.7 Å². The maximum atomic E-state index is 10.8. The lowest BCUT2D eigenvalue weighted by atomic mass is 10.4. The van der Waals surface area contributed by atoms with Crippen molar-refractivity contribution < 1.29 is 0 Å². The van der Waals surface area contributed by atoms with Gasteiger partial charge in [-0.25, -0.2) is 9.89 Å². The van der Waals surface area contributed by atoms with E-state index in [9.17, 15) is 4.79 Å². The van der Waals surface area contributed by atoms with Crippen LogP contribution in [0.4, 0.5) is 5.82 Å². The number of aromatic amines is 1. The van der Waals surface area contributed by atoms with Crippen molar-refractivity contribution >= 4 is 17.6 Å². The predicted octanol–water partition coefficient (Wildman–Crippen LogP) is 0.898. The van der Waals surface area contributed by atoms with Crippen molar-refractivity contribution in [2.24, 2.45) is 0 Å². The molecule has 0 aliphatic rings. The highest BCUT2D eigenvalue weighted by Crippen LogP contribution is 2.27. The van der Waals surface area contributed by atoms with Gasteiger partial charge in [-0.15, -0.1) is 0 Å². The molecule has 0 radical (unpaired) electrons. The highest BCUT2D eigenvalue weighted by molar-refractivity contribution is 7.99. The first-order chi connectivity index (χ1) is 7.25. The van der Waals surface area contributed by atoms with Crippen LogP contribution in [0, 0.1) is 0 Å². The molecule has 0 aliphatic heterocycles. The molecule has 1 aromatic carbocycles. The molecule has 0 saturated carbocycles. The Balaban J connectivity index is 2.29. The zero-order chi connectivity index (χ0) is 10.7. The number of nitrogens with two attached hydrogens (primary N) is 1. The molecule has 2 rings (SSSR count). The molecule has 0 fully saturated rings. The van der Waals surface area contributed by atoms with Gasteiger partial charge in [0.15, 0.2) is 10.8 Å². The maximum Gasteiger partial charge on any atom is 0.363 e. The Morgan fingerprint density at radius 1 is 1.27 bits per heavy atom. The van der Waals surface area contributed by atoms with Crippen molar-refractivity contribution in [2.45, 2.75) is 9.92 Å². The Morgan fingerprint density at radius 2 is 2.00 bits per heavy atom. The third-order valence-electron chi connectivity index (χ3n) is 1.65. The summed E-state index contributed by atoms with van der Waals surface area (Å²) in [4.78, 5) is 15.3. The second-order valence-corrected chi connectivity index (χ2v) is 3.81. The number of hydrogen-bond acceptors (Lipinski definition) is 5. The Bertz CT molecular complexity index is 511. The first kappa shape index (κ1) is 9.72. The van der Waals surface area contributed by atoms with Gasteiger partial charge in [-0.3, -0.25) is 0 Å². The lowest BCUT2D eigenvalue weighted by Crippen LogP contribution is -2.15. The van der Waals surface area contributed by atoms with Gasteiger partial charge in [0.25, 0.3) is 0 Å². The van der Waals surface area contributed by atoms with E-state index in [-0.39, 0.29) is 5.82 Å². The number of hydrogen-bond donors (Lipinski definition) is 2. The fraction of sp³-hybridized carbons (Fsp3) is 0. The van der Waals surface area contributed by atoms with Crippen LogP contribution >= 0.6 is 11.8 Å². The molecule has 5 nitrogen and oxygen atoms in total. The molecule has 0 aliphatic carbocycles. The van der Waals surface area contributed by atoms with Crippen LogP contribution in [0.3, 0.4) is 0 Å². The fourth-order valence-corrected chi connectivity index (χ4v) is 1.77. The first-order valence-corrected chi connectivity index (χ1v) is 5.02. The monoisotopic (exact) mass is 220 g/mol. The summed E-state index contributed by atoms with van der Waals surface area (Å²) in [5.74, 6) is 0.146.